The standard InChI is InChI=1S/C18H15F3N2O4/c1-11(24)23(14-5-3-2-4-13(14)18(19,20)21)9-17(25)22-12-6-7-15-16(8-12)27-10-26-15/h2-8H,9-10H2,1H3,(H,22,25). The lowest BCUT2D eigenvalue weighted by atomic mass is 10.1. The third-order valence-electron chi connectivity index (χ3n) is 3.84. The number of fused-ring (bicyclic) bond motifs is 1. The van der Waals surface area contributed by atoms with Crippen molar-refractivity contribution in [1.82, 2.24) is 0 Å². The minimum absolute atomic E-state index is 0.0685. The molecule has 6 nitrogen and oxygen atoms in total. The highest BCUT2D eigenvalue weighted by Crippen LogP contribution is 2.37. The fraction of sp³-hybridized carbons (Fsp3) is 0.222. The number of nitrogens with zero attached hydrogens (tertiary/aromatic N) is 1. The Morgan fingerprint density at radius 2 is 1.81 bits per heavy atom. The Hall–Kier alpha value is -3.23. The molecule has 1 N–H and O–H groups in total. The van der Waals surface area contributed by atoms with Gasteiger partial charge in [0.05, 0.1) is 11.3 Å². The van der Waals surface area contributed by atoms with E-state index in [2.05, 4.69) is 5.32 Å². The Morgan fingerprint density at radius 1 is 1.11 bits per heavy atom. The number of amides is 2. The lowest BCUT2D eigenvalue weighted by Gasteiger charge is -2.24. The van der Waals surface area contributed by atoms with Gasteiger partial charge >= 0.3 is 6.18 Å². The average molecular weight is 380 g/mol. The maximum absolute atomic E-state index is 13.2. The molecule has 2 amide bonds. The molecule has 1 aliphatic rings. The SMILES string of the molecule is CC(=O)N(CC(=O)Nc1ccc2c(c1)OCO2)c1ccccc1C(F)(F)F. The Bertz CT molecular complexity index is 883. The summed E-state index contributed by atoms with van der Waals surface area (Å²) < 4.78 is 50.0. The van der Waals surface area contributed by atoms with E-state index < -0.39 is 30.1 Å². The van der Waals surface area contributed by atoms with Crippen LogP contribution in [0.15, 0.2) is 42.5 Å². The predicted octanol–water partition coefficient (Wildman–Crippen LogP) is 3.43. The van der Waals surface area contributed by atoms with Crippen LogP contribution < -0.4 is 19.7 Å². The number of carbonyl (C=O) groups excluding carboxylic acids is 2. The molecule has 1 heterocycles. The van der Waals surface area contributed by atoms with Crippen molar-refractivity contribution in [3.8, 4) is 11.5 Å². The van der Waals surface area contributed by atoms with Crippen LogP contribution in [0.4, 0.5) is 24.5 Å². The molecule has 0 atom stereocenters. The summed E-state index contributed by atoms with van der Waals surface area (Å²) >= 11 is 0. The van der Waals surface area contributed by atoms with Crippen LogP contribution in [-0.4, -0.2) is 25.2 Å². The Labute approximate surface area is 152 Å². The van der Waals surface area contributed by atoms with Crippen LogP contribution in [0.1, 0.15) is 12.5 Å². The molecular weight excluding hydrogens is 365 g/mol. The summed E-state index contributed by atoms with van der Waals surface area (Å²) in [6, 6.07) is 9.29. The van der Waals surface area contributed by atoms with Crippen LogP contribution in [0, 0.1) is 0 Å². The first-order valence-corrected chi connectivity index (χ1v) is 7.89. The zero-order valence-corrected chi connectivity index (χ0v) is 14.2. The minimum atomic E-state index is -4.65. The molecule has 2 aromatic carbocycles. The number of para-hydroxylation sites is 1. The summed E-state index contributed by atoms with van der Waals surface area (Å²) in [5.41, 5.74) is -0.994. The first-order chi connectivity index (χ1) is 12.8. The topological polar surface area (TPSA) is 67.9 Å². The monoisotopic (exact) mass is 380 g/mol. The van der Waals surface area contributed by atoms with Gasteiger partial charge in [-0.25, -0.2) is 0 Å². The molecular formula is C18H15F3N2O4. The number of carbonyl (C=O) groups is 2. The van der Waals surface area contributed by atoms with Crippen molar-refractivity contribution >= 4 is 23.2 Å². The smallest absolute Gasteiger partial charge is 0.418 e. The van der Waals surface area contributed by atoms with E-state index >= 15 is 0 Å². The molecule has 0 radical (unpaired) electrons. The highest BCUT2D eigenvalue weighted by Gasteiger charge is 2.35. The van der Waals surface area contributed by atoms with E-state index in [0.29, 0.717) is 17.2 Å². The number of nitrogens with one attached hydrogen (secondary N) is 1. The number of ether oxygens (including phenoxy) is 2. The summed E-state index contributed by atoms with van der Waals surface area (Å²) in [6.45, 7) is 0.594. The van der Waals surface area contributed by atoms with E-state index in [4.69, 9.17) is 9.47 Å². The zero-order chi connectivity index (χ0) is 19.6. The van der Waals surface area contributed by atoms with Gasteiger partial charge in [-0.2, -0.15) is 13.2 Å². The number of rotatable bonds is 4. The summed E-state index contributed by atoms with van der Waals surface area (Å²) in [4.78, 5) is 25.0. The summed E-state index contributed by atoms with van der Waals surface area (Å²) in [7, 11) is 0. The van der Waals surface area contributed by atoms with Crippen LogP contribution in [0.5, 0.6) is 11.5 Å². The lowest BCUT2D eigenvalue weighted by molar-refractivity contribution is -0.137. The van der Waals surface area contributed by atoms with Crippen molar-refractivity contribution in [2.75, 3.05) is 23.6 Å². The number of halogens is 3. The van der Waals surface area contributed by atoms with Gasteiger partial charge in [0.15, 0.2) is 11.5 Å². The van der Waals surface area contributed by atoms with Gasteiger partial charge in [-0.1, -0.05) is 12.1 Å². The molecule has 0 aliphatic carbocycles. The second kappa shape index (κ2) is 7.18. The number of anilines is 2. The van der Waals surface area contributed by atoms with Crippen LogP contribution in [-0.2, 0) is 15.8 Å². The van der Waals surface area contributed by atoms with E-state index in [9.17, 15) is 22.8 Å². The Kier molecular flexibility index (Phi) is 4.93. The maximum atomic E-state index is 13.2. The van der Waals surface area contributed by atoms with Gasteiger partial charge in [0.25, 0.3) is 0 Å². The molecule has 0 saturated carbocycles. The molecule has 142 valence electrons. The van der Waals surface area contributed by atoms with Gasteiger partial charge in [-0.15, -0.1) is 0 Å². The molecule has 0 bridgehead atoms. The highest BCUT2D eigenvalue weighted by molar-refractivity contribution is 6.02. The van der Waals surface area contributed by atoms with Gasteiger partial charge in [0, 0.05) is 18.7 Å². The molecule has 0 aromatic heterocycles. The normalized spacial score (nSPS) is 12.6. The van der Waals surface area contributed by atoms with Gasteiger partial charge in [-0.3, -0.25) is 9.59 Å². The number of benzene rings is 2. The predicted molar refractivity (Wildman–Crippen MR) is 90.7 cm³/mol. The summed E-state index contributed by atoms with van der Waals surface area (Å²) in [5.74, 6) is -0.371. The van der Waals surface area contributed by atoms with E-state index in [0.717, 1.165) is 24.0 Å². The first kappa shape index (κ1) is 18.6. The second-order valence-electron chi connectivity index (χ2n) is 5.74. The van der Waals surface area contributed by atoms with Crippen molar-refractivity contribution in [2.24, 2.45) is 0 Å². The van der Waals surface area contributed by atoms with Crippen molar-refractivity contribution in [3.05, 3.63) is 48.0 Å². The molecule has 9 heteroatoms. The van der Waals surface area contributed by atoms with Crippen molar-refractivity contribution in [1.29, 1.82) is 0 Å². The molecule has 0 spiro atoms. The molecule has 0 fully saturated rings. The third-order valence-corrected chi connectivity index (χ3v) is 3.84. The number of alkyl halides is 3. The second-order valence-corrected chi connectivity index (χ2v) is 5.74. The molecule has 3 rings (SSSR count). The van der Waals surface area contributed by atoms with E-state index in [1.165, 1.54) is 18.2 Å². The highest BCUT2D eigenvalue weighted by atomic mass is 19.4. The molecule has 27 heavy (non-hydrogen) atoms. The van der Waals surface area contributed by atoms with E-state index in [1.807, 2.05) is 0 Å². The fourth-order valence-corrected chi connectivity index (χ4v) is 2.63. The number of hydrogen-bond donors (Lipinski definition) is 1. The Balaban J connectivity index is 1.79. The van der Waals surface area contributed by atoms with Crippen LogP contribution in [0.3, 0.4) is 0 Å². The first-order valence-electron chi connectivity index (χ1n) is 7.89. The van der Waals surface area contributed by atoms with Crippen LogP contribution >= 0.6 is 0 Å². The quantitative estimate of drug-likeness (QED) is 0.883. The summed E-state index contributed by atoms with van der Waals surface area (Å²) in [5, 5.41) is 2.54. The fourth-order valence-electron chi connectivity index (χ4n) is 2.63. The minimum Gasteiger partial charge on any atom is -0.454 e. The van der Waals surface area contributed by atoms with E-state index in [-0.39, 0.29) is 12.5 Å². The lowest BCUT2D eigenvalue weighted by Crippen LogP contribution is -2.37. The van der Waals surface area contributed by atoms with Crippen LogP contribution in [0.2, 0.25) is 0 Å². The average Bonchev–Trinajstić information content (AvgIpc) is 3.06. The zero-order valence-electron chi connectivity index (χ0n) is 14.2. The van der Waals surface area contributed by atoms with E-state index in [1.54, 1.807) is 12.1 Å². The van der Waals surface area contributed by atoms with Crippen molar-refractivity contribution in [2.45, 2.75) is 13.1 Å². The molecule has 1 aliphatic heterocycles. The largest absolute Gasteiger partial charge is 0.454 e. The molecule has 0 saturated heterocycles. The van der Waals surface area contributed by atoms with Crippen molar-refractivity contribution in [3.63, 3.8) is 0 Å². The summed E-state index contributed by atoms with van der Waals surface area (Å²) in [6.07, 6.45) is -4.65. The molecule has 0 unspecified atom stereocenters. The van der Waals surface area contributed by atoms with Crippen molar-refractivity contribution < 1.29 is 32.2 Å². The molecule has 2 aromatic rings. The number of hydrogen-bond acceptors (Lipinski definition) is 4. The van der Waals surface area contributed by atoms with Gasteiger partial charge in [0.1, 0.15) is 6.54 Å². The third kappa shape index (κ3) is 4.13. The Morgan fingerprint density at radius 3 is 2.52 bits per heavy atom. The van der Waals surface area contributed by atoms with Gasteiger partial charge < -0.3 is 19.7 Å². The maximum Gasteiger partial charge on any atom is 0.418 e. The van der Waals surface area contributed by atoms with Gasteiger partial charge in [-0.05, 0) is 24.3 Å². The van der Waals surface area contributed by atoms with Crippen LogP contribution in [0.25, 0.3) is 0 Å². The van der Waals surface area contributed by atoms with Gasteiger partial charge in [0.2, 0.25) is 18.6 Å².